The molecule has 12 aromatic rings. The highest BCUT2D eigenvalue weighted by Crippen LogP contribution is 2.63. The largest absolute Gasteiger partial charge is 0.309 e. The lowest BCUT2D eigenvalue weighted by Crippen LogP contribution is -2.25. The van der Waals surface area contributed by atoms with Crippen LogP contribution in [0.5, 0.6) is 0 Å². The molecule has 0 bridgehead atoms. The van der Waals surface area contributed by atoms with Gasteiger partial charge in [0.2, 0.25) is 0 Å². The van der Waals surface area contributed by atoms with Gasteiger partial charge in [-0.25, -0.2) is 9.97 Å². The average molecular weight is 812 g/mol. The van der Waals surface area contributed by atoms with Crippen LogP contribution in [0.25, 0.3) is 105 Å². The van der Waals surface area contributed by atoms with Gasteiger partial charge in [-0.15, -0.1) is 0 Å². The molecule has 2 aliphatic carbocycles. The first kappa shape index (κ1) is 35.2. The zero-order valence-electron chi connectivity index (χ0n) is 34.7. The molecule has 0 amide bonds. The normalized spacial score (nSPS) is 13.1. The molecule has 0 N–H and O–H groups in total. The predicted octanol–water partition coefficient (Wildman–Crippen LogP) is 15.2. The van der Waals surface area contributed by atoms with Crippen LogP contribution in [0.15, 0.2) is 224 Å². The monoisotopic (exact) mass is 811 g/mol. The number of aromatic nitrogens is 3. The molecule has 3 nitrogen and oxygen atoms in total. The summed E-state index contributed by atoms with van der Waals surface area (Å²) in [6.07, 6.45) is 0. The van der Waals surface area contributed by atoms with Crippen molar-refractivity contribution in [3.8, 4) is 61.8 Å². The molecule has 1 spiro atoms. The van der Waals surface area contributed by atoms with Gasteiger partial charge in [-0.2, -0.15) is 0 Å². The van der Waals surface area contributed by atoms with Crippen LogP contribution in [-0.4, -0.2) is 14.5 Å². The summed E-state index contributed by atoms with van der Waals surface area (Å²) in [6.45, 7) is 0. The van der Waals surface area contributed by atoms with Gasteiger partial charge in [-0.05, 0) is 103 Å². The fraction of sp³-hybridized carbons (Fsp3) is 0.0164. The third-order valence-corrected chi connectivity index (χ3v) is 14.0. The van der Waals surface area contributed by atoms with Crippen molar-refractivity contribution in [2.24, 2.45) is 0 Å². The Morgan fingerprint density at radius 2 is 0.891 bits per heavy atom. The summed E-state index contributed by atoms with van der Waals surface area (Å²) in [4.78, 5) is 10.8. The number of rotatable bonds is 4. The lowest BCUT2D eigenvalue weighted by atomic mass is 9.70. The van der Waals surface area contributed by atoms with Gasteiger partial charge in [-0.3, -0.25) is 0 Å². The summed E-state index contributed by atoms with van der Waals surface area (Å²) in [7, 11) is 0. The molecule has 2 aromatic heterocycles. The smallest absolute Gasteiger partial charge is 0.160 e. The third-order valence-electron chi connectivity index (χ3n) is 14.0. The highest BCUT2D eigenvalue weighted by molar-refractivity contribution is 6.14. The third kappa shape index (κ3) is 4.86. The second kappa shape index (κ2) is 13.3. The van der Waals surface area contributed by atoms with Gasteiger partial charge < -0.3 is 4.57 Å². The Balaban J connectivity index is 0.957. The highest BCUT2D eigenvalue weighted by atomic mass is 15.0. The highest BCUT2D eigenvalue weighted by Gasteiger charge is 2.51. The van der Waals surface area contributed by atoms with E-state index in [9.17, 15) is 0 Å². The van der Waals surface area contributed by atoms with Crippen LogP contribution in [0, 0.1) is 0 Å². The minimum Gasteiger partial charge on any atom is -0.309 e. The Hall–Kier alpha value is -8.40. The van der Waals surface area contributed by atoms with Gasteiger partial charge in [0.05, 0.1) is 33.5 Å². The zero-order chi connectivity index (χ0) is 41.9. The van der Waals surface area contributed by atoms with E-state index in [0.29, 0.717) is 5.82 Å². The molecule has 14 rings (SSSR count). The maximum absolute atomic E-state index is 5.45. The van der Waals surface area contributed by atoms with Crippen LogP contribution in [0.3, 0.4) is 0 Å². The van der Waals surface area contributed by atoms with Crippen LogP contribution in [-0.2, 0) is 5.41 Å². The number of hydrogen-bond donors (Lipinski definition) is 0. The van der Waals surface area contributed by atoms with E-state index in [1.807, 2.05) is 0 Å². The number of nitrogens with zero attached hydrogens (tertiary/aromatic N) is 3. The Morgan fingerprint density at radius 1 is 0.312 bits per heavy atom. The summed E-state index contributed by atoms with van der Waals surface area (Å²) in [5.74, 6) is 0.696. The minimum absolute atomic E-state index is 0.438. The van der Waals surface area contributed by atoms with E-state index < -0.39 is 5.41 Å². The van der Waals surface area contributed by atoms with E-state index in [-0.39, 0.29) is 0 Å². The summed E-state index contributed by atoms with van der Waals surface area (Å²) in [6, 6.07) is 82.0. The molecular formula is C61H37N3. The average Bonchev–Trinajstić information content (AvgIpc) is 3.96. The quantitative estimate of drug-likeness (QED) is 0.177. The van der Waals surface area contributed by atoms with Crippen molar-refractivity contribution in [2.75, 3.05) is 0 Å². The molecule has 0 saturated carbocycles. The summed E-state index contributed by atoms with van der Waals surface area (Å²) in [5, 5.41) is 7.28. The maximum atomic E-state index is 5.45. The molecule has 0 saturated heterocycles. The Morgan fingerprint density at radius 3 is 1.62 bits per heavy atom. The van der Waals surface area contributed by atoms with Crippen LogP contribution >= 0.6 is 0 Å². The molecular weight excluding hydrogens is 775 g/mol. The minimum atomic E-state index is -0.438. The second-order valence-corrected chi connectivity index (χ2v) is 17.3. The molecule has 0 aliphatic heterocycles. The molecule has 0 fully saturated rings. The van der Waals surface area contributed by atoms with Gasteiger partial charge in [0.25, 0.3) is 0 Å². The van der Waals surface area contributed by atoms with E-state index >= 15 is 0 Å². The van der Waals surface area contributed by atoms with E-state index in [0.717, 1.165) is 39.2 Å². The molecule has 3 heteroatoms. The van der Waals surface area contributed by atoms with Crippen LogP contribution in [0.4, 0.5) is 0 Å². The Kier molecular flexibility index (Phi) is 7.32. The fourth-order valence-corrected chi connectivity index (χ4v) is 11.3. The van der Waals surface area contributed by atoms with Crippen molar-refractivity contribution in [3.63, 3.8) is 0 Å². The van der Waals surface area contributed by atoms with Crippen molar-refractivity contribution < 1.29 is 0 Å². The lowest BCUT2D eigenvalue weighted by Gasteiger charge is -2.30. The van der Waals surface area contributed by atoms with Crippen molar-refractivity contribution in [3.05, 3.63) is 247 Å². The molecule has 64 heavy (non-hydrogen) atoms. The molecule has 0 radical (unpaired) electrons. The molecule has 296 valence electrons. The van der Waals surface area contributed by atoms with Crippen molar-refractivity contribution in [2.45, 2.75) is 5.41 Å². The first-order valence-corrected chi connectivity index (χ1v) is 22.1. The van der Waals surface area contributed by atoms with Crippen LogP contribution < -0.4 is 0 Å². The lowest BCUT2D eigenvalue weighted by molar-refractivity contribution is 0.794. The summed E-state index contributed by atoms with van der Waals surface area (Å²) < 4.78 is 2.43. The van der Waals surface area contributed by atoms with Crippen LogP contribution in [0.1, 0.15) is 22.3 Å². The topological polar surface area (TPSA) is 30.7 Å². The fourth-order valence-electron chi connectivity index (χ4n) is 11.3. The number of benzene rings is 10. The maximum Gasteiger partial charge on any atom is 0.160 e. The first-order valence-electron chi connectivity index (χ1n) is 22.1. The van der Waals surface area contributed by atoms with Gasteiger partial charge in [0.1, 0.15) is 0 Å². The standard InChI is InChI=1S/C61H37N3/c1-2-15-38(16-3-1)55-37-56(42-29-32-48-47-22-8-12-26-53(47)61(54(48)35-42)51-24-10-6-20-45(51)46-21-7-11-25-52(46)61)63-60(62-55)43-30-31-44-41(33-43)19-14-28-57(44)64-58-27-13-9-23-49(58)50-34-39-17-4-5-18-40(39)36-59(50)64/h1-37H. The molecule has 0 unspecified atom stereocenters. The van der Waals surface area contributed by atoms with Gasteiger partial charge in [-0.1, -0.05) is 182 Å². The van der Waals surface area contributed by atoms with Gasteiger partial charge in [0, 0.05) is 32.8 Å². The van der Waals surface area contributed by atoms with Gasteiger partial charge >= 0.3 is 0 Å². The van der Waals surface area contributed by atoms with Gasteiger partial charge in [0.15, 0.2) is 5.82 Å². The second-order valence-electron chi connectivity index (χ2n) is 17.3. The molecule has 0 atom stereocenters. The van der Waals surface area contributed by atoms with Crippen molar-refractivity contribution >= 4 is 43.4 Å². The Labute approximate surface area is 370 Å². The van der Waals surface area contributed by atoms with E-state index in [1.54, 1.807) is 0 Å². The number of fused-ring (bicyclic) bond motifs is 15. The van der Waals surface area contributed by atoms with Crippen molar-refractivity contribution in [1.29, 1.82) is 0 Å². The molecule has 2 heterocycles. The zero-order valence-corrected chi connectivity index (χ0v) is 34.7. The molecule has 10 aromatic carbocycles. The number of para-hydroxylation sites is 1. The molecule has 2 aliphatic rings. The summed E-state index contributed by atoms with van der Waals surface area (Å²) in [5.41, 5.74) is 18.4. The number of hydrogen-bond acceptors (Lipinski definition) is 2. The Bertz CT molecular complexity index is 3850. The predicted molar refractivity (Wildman–Crippen MR) is 264 cm³/mol. The van der Waals surface area contributed by atoms with E-state index in [1.165, 1.54) is 82.5 Å². The first-order chi connectivity index (χ1) is 31.7. The SMILES string of the molecule is c1ccc(-c2cc(-c3ccc4c(c3)C3(c5ccccc5-c5ccccc53)c3ccccc3-4)nc(-c3ccc4c(-n5c6ccccc6c6cc7ccccc7cc65)cccc4c3)n2)cc1. The van der Waals surface area contributed by atoms with E-state index in [2.05, 4.69) is 229 Å². The van der Waals surface area contributed by atoms with Crippen molar-refractivity contribution in [1.82, 2.24) is 14.5 Å². The summed E-state index contributed by atoms with van der Waals surface area (Å²) >= 11 is 0. The van der Waals surface area contributed by atoms with E-state index in [4.69, 9.17) is 9.97 Å². The van der Waals surface area contributed by atoms with Crippen LogP contribution in [0.2, 0.25) is 0 Å².